The first-order valence-corrected chi connectivity index (χ1v) is 7.27. The molecule has 3 rings (SSSR count). The summed E-state index contributed by atoms with van der Waals surface area (Å²) in [5, 5.41) is 2.58. The number of hydrogen-bond donors (Lipinski definition) is 1. The summed E-state index contributed by atoms with van der Waals surface area (Å²) in [6.07, 6.45) is 2.69. The zero-order valence-corrected chi connectivity index (χ0v) is 11.5. The van der Waals surface area contributed by atoms with Crippen LogP contribution in [0.5, 0.6) is 0 Å². The van der Waals surface area contributed by atoms with Crippen molar-refractivity contribution in [2.45, 2.75) is 31.8 Å². The largest absolute Gasteiger partial charge is 0.323 e. The molecule has 1 atom stereocenters. The molecule has 2 N–H and O–H groups in total. The minimum atomic E-state index is 0.103. The number of nitrogens with two attached hydrogens (primary N) is 1. The Labute approximate surface area is 115 Å². The first-order valence-electron chi connectivity index (χ1n) is 7.27. The van der Waals surface area contributed by atoms with E-state index in [4.69, 9.17) is 5.73 Å². The van der Waals surface area contributed by atoms with Crippen LogP contribution in [0.25, 0.3) is 10.8 Å². The number of fused-ring (bicyclic) bond motifs is 1. The summed E-state index contributed by atoms with van der Waals surface area (Å²) in [6, 6.07) is 15.8. The summed E-state index contributed by atoms with van der Waals surface area (Å²) >= 11 is 0. The van der Waals surface area contributed by atoms with Gasteiger partial charge in [-0.1, -0.05) is 49.4 Å². The molecule has 2 aromatic rings. The Morgan fingerprint density at radius 3 is 2.63 bits per heavy atom. The molecule has 0 spiro atoms. The fourth-order valence-corrected chi connectivity index (χ4v) is 2.90. The molecule has 0 saturated heterocycles. The molecule has 0 aliphatic heterocycles. The number of nitrogens with zero attached hydrogens (tertiary/aromatic N) is 1. The maximum Gasteiger partial charge on any atom is 0.0430 e. The van der Waals surface area contributed by atoms with Crippen LogP contribution in [0.3, 0.4) is 0 Å². The minimum absolute atomic E-state index is 0.103. The summed E-state index contributed by atoms with van der Waals surface area (Å²) in [7, 11) is 0. The summed E-state index contributed by atoms with van der Waals surface area (Å²) in [5.41, 5.74) is 7.74. The highest BCUT2D eigenvalue weighted by molar-refractivity contribution is 5.86. The predicted octanol–water partition coefficient (Wildman–Crippen LogP) is 3.32. The van der Waals surface area contributed by atoms with Crippen LogP contribution in [0.2, 0.25) is 0 Å². The molecule has 2 aromatic carbocycles. The van der Waals surface area contributed by atoms with Crippen molar-refractivity contribution in [1.29, 1.82) is 0 Å². The first-order chi connectivity index (χ1) is 9.29. The van der Waals surface area contributed by atoms with Gasteiger partial charge in [-0.25, -0.2) is 0 Å². The number of rotatable bonds is 5. The van der Waals surface area contributed by atoms with Gasteiger partial charge in [0.2, 0.25) is 0 Å². The zero-order valence-electron chi connectivity index (χ0n) is 11.5. The van der Waals surface area contributed by atoms with Crippen molar-refractivity contribution >= 4 is 10.8 Å². The Morgan fingerprint density at radius 2 is 1.89 bits per heavy atom. The molecule has 1 aliphatic carbocycles. The fourth-order valence-electron chi connectivity index (χ4n) is 2.90. The van der Waals surface area contributed by atoms with Crippen molar-refractivity contribution in [2.24, 2.45) is 5.73 Å². The Kier molecular flexibility index (Phi) is 3.54. The lowest BCUT2D eigenvalue weighted by Crippen LogP contribution is -2.33. The van der Waals surface area contributed by atoms with Gasteiger partial charge in [0.05, 0.1) is 0 Å². The molecular weight excluding hydrogens is 232 g/mol. The Balaban J connectivity index is 1.86. The molecule has 0 bridgehead atoms. The molecule has 1 aliphatic rings. The van der Waals surface area contributed by atoms with Crippen molar-refractivity contribution in [3.05, 3.63) is 48.0 Å². The van der Waals surface area contributed by atoms with Gasteiger partial charge in [0.25, 0.3) is 0 Å². The quantitative estimate of drug-likeness (QED) is 0.887. The third-order valence-corrected chi connectivity index (χ3v) is 4.12. The van der Waals surface area contributed by atoms with E-state index in [0.29, 0.717) is 0 Å². The van der Waals surface area contributed by atoms with Crippen LogP contribution in [0, 0.1) is 0 Å². The molecule has 1 fully saturated rings. The fraction of sp³-hybridized carbons (Fsp3) is 0.412. The van der Waals surface area contributed by atoms with Crippen molar-refractivity contribution in [2.75, 3.05) is 13.1 Å². The van der Waals surface area contributed by atoms with E-state index in [0.717, 1.165) is 19.1 Å². The van der Waals surface area contributed by atoms with Gasteiger partial charge in [-0.3, -0.25) is 4.90 Å². The van der Waals surface area contributed by atoms with Gasteiger partial charge in [-0.05, 0) is 35.7 Å². The van der Waals surface area contributed by atoms with Crippen LogP contribution >= 0.6 is 0 Å². The van der Waals surface area contributed by atoms with Crippen LogP contribution < -0.4 is 5.73 Å². The lowest BCUT2D eigenvalue weighted by molar-refractivity contribution is 0.261. The van der Waals surface area contributed by atoms with Gasteiger partial charge < -0.3 is 5.73 Å². The summed E-state index contributed by atoms with van der Waals surface area (Å²) in [5.74, 6) is 0. The second kappa shape index (κ2) is 5.32. The van der Waals surface area contributed by atoms with Crippen molar-refractivity contribution in [3.8, 4) is 0 Å². The van der Waals surface area contributed by atoms with Gasteiger partial charge in [-0.2, -0.15) is 0 Å². The highest BCUT2D eigenvalue weighted by atomic mass is 15.2. The molecule has 0 amide bonds. The van der Waals surface area contributed by atoms with E-state index in [9.17, 15) is 0 Å². The standard InChI is InChI=1S/C17H22N2/c1-2-19(14-10-11-14)12-17(18)16-9-5-7-13-6-3-4-8-15(13)16/h3-9,14,17H,2,10-12,18H2,1H3. The van der Waals surface area contributed by atoms with Crippen LogP contribution in [0.1, 0.15) is 31.4 Å². The maximum absolute atomic E-state index is 6.46. The highest BCUT2D eigenvalue weighted by Gasteiger charge is 2.29. The molecule has 2 heteroatoms. The van der Waals surface area contributed by atoms with Crippen LogP contribution in [-0.2, 0) is 0 Å². The lowest BCUT2D eigenvalue weighted by atomic mass is 9.99. The summed E-state index contributed by atoms with van der Waals surface area (Å²) < 4.78 is 0. The monoisotopic (exact) mass is 254 g/mol. The maximum atomic E-state index is 6.46. The van der Waals surface area contributed by atoms with Crippen LogP contribution in [0.4, 0.5) is 0 Å². The van der Waals surface area contributed by atoms with E-state index in [1.54, 1.807) is 0 Å². The molecular formula is C17H22N2. The Bertz CT molecular complexity index is 555. The topological polar surface area (TPSA) is 29.3 Å². The van der Waals surface area contributed by atoms with Crippen molar-refractivity contribution < 1.29 is 0 Å². The molecule has 0 aromatic heterocycles. The SMILES string of the molecule is CCN(CC(N)c1cccc2ccccc12)C1CC1. The molecule has 2 nitrogen and oxygen atoms in total. The van der Waals surface area contributed by atoms with E-state index in [-0.39, 0.29) is 6.04 Å². The lowest BCUT2D eigenvalue weighted by Gasteiger charge is -2.25. The third kappa shape index (κ3) is 2.65. The molecule has 19 heavy (non-hydrogen) atoms. The second-order valence-electron chi connectivity index (χ2n) is 5.49. The number of likely N-dealkylation sites (N-methyl/N-ethyl adjacent to an activating group) is 1. The Hall–Kier alpha value is -1.38. The third-order valence-electron chi connectivity index (χ3n) is 4.12. The molecule has 0 radical (unpaired) electrons. The van der Waals surface area contributed by atoms with Gasteiger partial charge in [0.15, 0.2) is 0 Å². The van der Waals surface area contributed by atoms with E-state index >= 15 is 0 Å². The molecule has 1 saturated carbocycles. The van der Waals surface area contributed by atoms with E-state index in [1.165, 1.54) is 29.2 Å². The van der Waals surface area contributed by atoms with Crippen LogP contribution in [0.15, 0.2) is 42.5 Å². The van der Waals surface area contributed by atoms with Crippen molar-refractivity contribution in [1.82, 2.24) is 4.90 Å². The molecule has 1 unspecified atom stereocenters. The predicted molar refractivity (Wildman–Crippen MR) is 81.1 cm³/mol. The van der Waals surface area contributed by atoms with Gasteiger partial charge >= 0.3 is 0 Å². The summed E-state index contributed by atoms with van der Waals surface area (Å²) in [6.45, 7) is 4.30. The average molecular weight is 254 g/mol. The van der Waals surface area contributed by atoms with Crippen LogP contribution in [-0.4, -0.2) is 24.0 Å². The van der Waals surface area contributed by atoms with Gasteiger partial charge in [0.1, 0.15) is 0 Å². The number of hydrogen-bond acceptors (Lipinski definition) is 2. The first kappa shape index (κ1) is 12.6. The van der Waals surface area contributed by atoms with E-state index in [2.05, 4.69) is 54.3 Å². The second-order valence-corrected chi connectivity index (χ2v) is 5.49. The normalized spacial score (nSPS) is 17.0. The zero-order chi connectivity index (χ0) is 13.2. The summed E-state index contributed by atoms with van der Waals surface area (Å²) in [4.78, 5) is 2.52. The smallest absolute Gasteiger partial charge is 0.0430 e. The Morgan fingerprint density at radius 1 is 1.16 bits per heavy atom. The van der Waals surface area contributed by atoms with Gasteiger partial charge in [-0.15, -0.1) is 0 Å². The number of benzene rings is 2. The average Bonchev–Trinajstić information content (AvgIpc) is 3.28. The van der Waals surface area contributed by atoms with E-state index in [1.807, 2.05) is 0 Å². The molecule has 100 valence electrons. The molecule has 0 heterocycles. The highest BCUT2D eigenvalue weighted by Crippen LogP contribution is 2.29. The van der Waals surface area contributed by atoms with E-state index < -0.39 is 0 Å². The van der Waals surface area contributed by atoms with Crippen molar-refractivity contribution in [3.63, 3.8) is 0 Å². The van der Waals surface area contributed by atoms with Gasteiger partial charge in [0, 0.05) is 18.6 Å². The minimum Gasteiger partial charge on any atom is -0.323 e.